The quantitative estimate of drug-likeness (QED) is 0.846. The molecule has 1 fully saturated rings. The largest absolute Gasteiger partial charge is 0.344 e. The molecule has 1 aliphatic rings. The summed E-state index contributed by atoms with van der Waals surface area (Å²) in [6.07, 6.45) is 4.15. The number of thiophene rings is 1. The Kier molecular flexibility index (Phi) is 3.82. The van der Waals surface area contributed by atoms with Gasteiger partial charge in [-0.25, -0.2) is 4.98 Å². The third kappa shape index (κ3) is 2.45. The van der Waals surface area contributed by atoms with Crippen LogP contribution >= 0.6 is 11.3 Å². The maximum atomic E-state index is 12.5. The van der Waals surface area contributed by atoms with Crippen molar-refractivity contribution in [3.63, 3.8) is 0 Å². The molecule has 116 valence electrons. The van der Waals surface area contributed by atoms with Crippen LogP contribution in [0.3, 0.4) is 0 Å². The molecular weight excluding hydrogens is 300 g/mol. The Balaban J connectivity index is 2.09. The van der Waals surface area contributed by atoms with E-state index in [1.807, 2.05) is 4.90 Å². The molecule has 0 unspecified atom stereocenters. The minimum absolute atomic E-state index is 0.0268. The Hall–Kier alpha value is -2.02. The molecule has 7 heteroatoms. The number of likely N-dealkylation sites (tertiary alicyclic amines) is 1. The molecule has 1 aliphatic heterocycles. The van der Waals surface area contributed by atoms with E-state index in [1.54, 1.807) is 38.3 Å². The van der Waals surface area contributed by atoms with E-state index in [-0.39, 0.29) is 17.7 Å². The summed E-state index contributed by atoms with van der Waals surface area (Å²) in [5.74, 6) is 0.197. The topological polar surface area (TPSA) is 66.4 Å². The van der Waals surface area contributed by atoms with Gasteiger partial charge in [0.2, 0.25) is 5.91 Å². The van der Waals surface area contributed by atoms with Crippen molar-refractivity contribution in [3.05, 3.63) is 22.8 Å². The number of amides is 2. The standard InChI is InChI=1S/C15H18N4O2S/c1-9(20)19-7-4-10(8-19)11-12-14(17-6-5-16-12)22-13(11)15(21)18(2)3/h5-6,10H,4,7-8H2,1-3H3/t10-/m1/s1. The molecule has 22 heavy (non-hydrogen) atoms. The van der Waals surface area contributed by atoms with Crippen LogP contribution in [-0.4, -0.2) is 58.8 Å². The highest BCUT2D eigenvalue weighted by Crippen LogP contribution is 2.38. The van der Waals surface area contributed by atoms with Crippen LogP contribution < -0.4 is 0 Å². The molecule has 0 bridgehead atoms. The summed E-state index contributed by atoms with van der Waals surface area (Å²) in [5.41, 5.74) is 1.75. The van der Waals surface area contributed by atoms with Crippen LogP contribution in [0.5, 0.6) is 0 Å². The van der Waals surface area contributed by atoms with Crippen molar-refractivity contribution in [2.24, 2.45) is 0 Å². The average molecular weight is 318 g/mol. The third-order valence-corrected chi connectivity index (χ3v) is 5.10. The zero-order valence-electron chi connectivity index (χ0n) is 12.9. The van der Waals surface area contributed by atoms with Crippen molar-refractivity contribution >= 4 is 33.5 Å². The van der Waals surface area contributed by atoms with Gasteiger partial charge in [0.25, 0.3) is 5.91 Å². The van der Waals surface area contributed by atoms with Gasteiger partial charge in [-0.05, 0) is 6.42 Å². The third-order valence-electron chi connectivity index (χ3n) is 4.01. The first-order valence-corrected chi connectivity index (χ1v) is 8.01. The summed E-state index contributed by atoms with van der Waals surface area (Å²) in [7, 11) is 3.49. The first kappa shape index (κ1) is 14.9. The van der Waals surface area contributed by atoms with Gasteiger partial charge < -0.3 is 9.80 Å². The second-order valence-electron chi connectivity index (χ2n) is 5.71. The van der Waals surface area contributed by atoms with Crippen LogP contribution in [-0.2, 0) is 4.79 Å². The SMILES string of the molecule is CC(=O)N1CC[C@@H](c2c(C(=O)N(C)C)sc3nccnc23)C1. The molecule has 1 saturated heterocycles. The molecule has 0 radical (unpaired) electrons. The van der Waals surface area contributed by atoms with Crippen molar-refractivity contribution < 1.29 is 9.59 Å². The Morgan fingerprint density at radius 2 is 2.05 bits per heavy atom. The summed E-state index contributed by atoms with van der Waals surface area (Å²) >= 11 is 1.39. The zero-order valence-corrected chi connectivity index (χ0v) is 13.7. The van der Waals surface area contributed by atoms with Crippen LogP contribution in [0.1, 0.15) is 34.5 Å². The first-order chi connectivity index (χ1) is 10.5. The van der Waals surface area contributed by atoms with Gasteiger partial charge in [-0.15, -0.1) is 11.3 Å². The van der Waals surface area contributed by atoms with E-state index < -0.39 is 0 Å². The monoisotopic (exact) mass is 318 g/mol. The van der Waals surface area contributed by atoms with Crippen LogP contribution in [0.2, 0.25) is 0 Å². The lowest BCUT2D eigenvalue weighted by atomic mass is 9.97. The molecule has 0 N–H and O–H groups in total. The summed E-state index contributed by atoms with van der Waals surface area (Å²) in [4.78, 5) is 37.7. The number of hydrogen-bond acceptors (Lipinski definition) is 5. The van der Waals surface area contributed by atoms with E-state index in [1.165, 1.54) is 11.3 Å². The van der Waals surface area contributed by atoms with Gasteiger partial charge >= 0.3 is 0 Å². The Bertz CT molecular complexity index is 740. The Morgan fingerprint density at radius 1 is 1.32 bits per heavy atom. The number of nitrogens with zero attached hydrogens (tertiary/aromatic N) is 4. The zero-order chi connectivity index (χ0) is 15.9. The van der Waals surface area contributed by atoms with Crippen LogP contribution in [0.25, 0.3) is 10.3 Å². The van der Waals surface area contributed by atoms with Gasteiger partial charge in [-0.3, -0.25) is 14.6 Å². The van der Waals surface area contributed by atoms with Crippen molar-refractivity contribution in [2.75, 3.05) is 27.2 Å². The molecule has 0 aromatic carbocycles. The van der Waals surface area contributed by atoms with E-state index in [2.05, 4.69) is 9.97 Å². The van der Waals surface area contributed by atoms with Gasteiger partial charge in [-0.2, -0.15) is 0 Å². The van der Waals surface area contributed by atoms with Crippen LogP contribution in [0.15, 0.2) is 12.4 Å². The second-order valence-corrected chi connectivity index (χ2v) is 6.70. The molecule has 6 nitrogen and oxygen atoms in total. The van der Waals surface area contributed by atoms with Crippen molar-refractivity contribution in [3.8, 4) is 0 Å². The summed E-state index contributed by atoms with van der Waals surface area (Å²) < 4.78 is 0. The minimum Gasteiger partial charge on any atom is -0.344 e. The van der Waals surface area contributed by atoms with Crippen molar-refractivity contribution in [1.29, 1.82) is 0 Å². The van der Waals surface area contributed by atoms with Crippen LogP contribution in [0.4, 0.5) is 0 Å². The van der Waals surface area contributed by atoms with E-state index in [0.717, 1.165) is 28.9 Å². The lowest BCUT2D eigenvalue weighted by molar-refractivity contribution is -0.127. The second kappa shape index (κ2) is 5.64. The van der Waals surface area contributed by atoms with Gasteiger partial charge in [0, 0.05) is 58.0 Å². The smallest absolute Gasteiger partial charge is 0.263 e. The minimum atomic E-state index is -0.0268. The molecule has 0 spiro atoms. The molecule has 0 aliphatic carbocycles. The van der Waals surface area contributed by atoms with Gasteiger partial charge in [0.15, 0.2) is 0 Å². The maximum absolute atomic E-state index is 12.5. The van der Waals surface area contributed by atoms with E-state index in [0.29, 0.717) is 11.4 Å². The average Bonchev–Trinajstić information content (AvgIpc) is 3.10. The predicted molar refractivity (Wildman–Crippen MR) is 85.0 cm³/mol. The fraction of sp³-hybridized carbons (Fsp3) is 0.467. The summed E-state index contributed by atoms with van der Waals surface area (Å²) in [6, 6.07) is 0. The number of carbonyl (C=O) groups is 2. The van der Waals surface area contributed by atoms with Crippen molar-refractivity contribution in [2.45, 2.75) is 19.3 Å². The van der Waals surface area contributed by atoms with E-state index in [4.69, 9.17) is 0 Å². The predicted octanol–water partition coefficient (Wildman–Crippen LogP) is 1.73. The normalized spacial score (nSPS) is 18.0. The number of carbonyl (C=O) groups excluding carboxylic acids is 2. The van der Waals surface area contributed by atoms with Gasteiger partial charge in [-0.1, -0.05) is 0 Å². The fourth-order valence-corrected chi connectivity index (χ4v) is 4.08. The number of aromatic nitrogens is 2. The molecule has 0 saturated carbocycles. The lowest BCUT2D eigenvalue weighted by Gasteiger charge is -2.16. The Morgan fingerprint density at radius 3 is 2.68 bits per heavy atom. The van der Waals surface area contributed by atoms with E-state index in [9.17, 15) is 9.59 Å². The van der Waals surface area contributed by atoms with Gasteiger partial charge in [0.05, 0.1) is 4.88 Å². The Labute approximate surface area is 132 Å². The molecular formula is C15H18N4O2S. The molecule has 2 amide bonds. The molecule has 3 rings (SSSR count). The number of hydrogen-bond donors (Lipinski definition) is 0. The molecule has 2 aromatic rings. The fourth-order valence-electron chi connectivity index (χ4n) is 2.87. The highest BCUT2D eigenvalue weighted by molar-refractivity contribution is 7.20. The highest BCUT2D eigenvalue weighted by atomic mass is 32.1. The van der Waals surface area contributed by atoms with E-state index >= 15 is 0 Å². The molecule has 1 atom stereocenters. The molecule has 2 aromatic heterocycles. The molecule has 3 heterocycles. The van der Waals surface area contributed by atoms with Crippen LogP contribution in [0, 0.1) is 0 Å². The maximum Gasteiger partial charge on any atom is 0.263 e. The summed E-state index contributed by atoms with van der Waals surface area (Å²) in [5, 5.41) is 0. The first-order valence-electron chi connectivity index (χ1n) is 7.19. The van der Waals surface area contributed by atoms with Crippen molar-refractivity contribution in [1.82, 2.24) is 19.8 Å². The van der Waals surface area contributed by atoms with Gasteiger partial charge in [0.1, 0.15) is 10.3 Å². The summed E-state index contributed by atoms with van der Waals surface area (Å²) in [6.45, 7) is 2.96. The highest BCUT2D eigenvalue weighted by Gasteiger charge is 2.32. The lowest BCUT2D eigenvalue weighted by Crippen LogP contribution is -2.26. The number of fused-ring (bicyclic) bond motifs is 1. The number of rotatable bonds is 2.